The van der Waals surface area contributed by atoms with Crippen LogP contribution in [0.15, 0.2) is 61.2 Å². The van der Waals surface area contributed by atoms with Crippen molar-refractivity contribution in [2.75, 3.05) is 26.8 Å². The maximum Gasteiger partial charge on any atom is 0.130 e. The van der Waals surface area contributed by atoms with Gasteiger partial charge >= 0.3 is 0 Å². The van der Waals surface area contributed by atoms with E-state index in [0.717, 1.165) is 29.8 Å². The molecule has 0 saturated carbocycles. The van der Waals surface area contributed by atoms with E-state index in [0.29, 0.717) is 25.3 Å². The molecule has 5 nitrogen and oxygen atoms in total. The van der Waals surface area contributed by atoms with Crippen molar-refractivity contribution in [3.05, 3.63) is 72.3 Å². The summed E-state index contributed by atoms with van der Waals surface area (Å²) in [4.78, 5) is 13.1. The van der Waals surface area contributed by atoms with Gasteiger partial charge in [-0.15, -0.1) is 0 Å². The molecule has 0 bridgehead atoms. The van der Waals surface area contributed by atoms with E-state index in [-0.39, 0.29) is 12.4 Å². The van der Waals surface area contributed by atoms with E-state index in [9.17, 15) is 9.90 Å². The number of hydrogen-bond donors (Lipinski definition) is 1. The van der Waals surface area contributed by atoms with Crippen LogP contribution in [0.1, 0.15) is 24.5 Å². The van der Waals surface area contributed by atoms with Gasteiger partial charge in [-0.3, -0.25) is 4.90 Å². The molecule has 156 valence electrons. The molecule has 0 amide bonds. The van der Waals surface area contributed by atoms with E-state index in [4.69, 9.17) is 9.47 Å². The molecule has 0 spiro atoms. The third-order valence-corrected chi connectivity index (χ3v) is 4.40. The fourth-order valence-corrected chi connectivity index (χ4v) is 2.90. The van der Waals surface area contributed by atoms with Crippen molar-refractivity contribution in [3.8, 4) is 11.5 Å². The average Bonchev–Trinajstić information content (AvgIpc) is 2.71. The Kier molecular flexibility index (Phi) is 9.41. The summed E-state index contributed by atoms with van der Waals surface area (Å²) in [6.45, 7) is 7.19. The Balaban J connectivity index is 1.71. The number of Topliss-reactive ketones (excluding diaryl/α,β-unsaturated/α-hetero) is 1. The third-order valence-electron chi connectivity index (χ3n) is 4.40. The SMILES string of the molecule is C=CCOc1ccc(CN(C)C[C@@H](O)COc2ccc(CCC(C)=O)cc2)cc1. The Labute approximate surface area is 173 Å². The number of carbonyl (C=O) groups excluding carboxylic acids is 1. The summed E-state index contributed by atoms with van der Waals surface area (Å²) in [5.74, 6) is 1.72. The summed E-state index contributed by atoms with van der Waals surface area (Å²) in [6, 6.07) is 15.6. The van der Waals surface area contributed by atoms with Gasteiger partial charge in [-0.2, -0.15) is 0 Å². The third kappa shape index (κ3) is 8.94. The van der Waals surface area contributed by atoms with E-state index < -0.39 is 6.10 Å². The van der Waals surface area contributed by atoms with Gasteiger partial charge in [0, 0.05) is 19.5 Å². The Hall–Kier alpha value is -2.63. The Bertz CT molecular complexity index is 755. The molecule has 0 aliphatic carbocycles. The van der Waals surface area contributed by atoms with E-state index in [1.165, 1.54) is 0 Å². The van der Waals surface area contributed by atoms with E-state index >= 15 is 0 Å². The number of ether oxygens (including phenoxy) is 2. The summed E-state index contributed by atoms with van der Waals surface area (Å²) in [5, 5.41) is 10.3. The Morgan fingerprint density at radius 2 is 1.66 bits per heavy atom. The van der Waals surface area contributed by atoms with E-state index in [1.807, 2.05) is 55.6 Å². The first kappa shape index (κ1) is 22.7. The van der Waals surface area contributed by atoms with Gasteiger partial charge in [-0.05, 0) is 55.8 Å². The highest BCUT2D eigenvalue weighted by Gasteiger charge is 2.10. The van der Waals surface area contributed by atoms with Crippen molar-refractivity contribution in [2.24, 2.45) is 0 Å². The number of carbonyl (C=O) groups is 1. The van der Waals surface area contributed by atoms with Crippen molar-refractivity contribution in [1.29, 1.82) is 0 Å². The number of rotatable bonds is 13. The van der Waals surface area contributed by atoms with E-state index in [1.54, 1.807) is 13.0 Å². The van der Waals surface area contributed by atoms with Gasteiger partial charge in [0.05, 0.1) is 0 Å². The molecule has 0 fully saturated rings. The van der Waals surface area contributed by atoms with Crippen molar-refractivity contribution < 1.29 is 19.4 Å². The highest BCUT2D eigenvalue weighted by molar-refractivity contribution is 5.75. The molecule has 2 aromatic rings. The fraction of sp³-hybridized carbons (Fsp3) is 0.375. The lowest BCUT2D eigenvalue weighted by atomic mass is 10.1. The summed E-state index contributed by atoms with van der Waals surface area (Å²) < 4.78 is 11.2. The Morgan fingerprint density at radius 3 is 2.24 bits per heavy atom. The zero-order valence-electron chi connectivity index (χ0n) is 17.3. The highest BCUT2D eigenvalue weighted by Crippen LogP contribution is 2.15. The standard InChI is InChI=1S/C24H31NO4/c1-4-15-28-23-13-9-21(10-14-23)16-25(3)17-22(27)18-29-24-11-7-20(8-12-24)6-5-19(2)26/h4,7-14,22,27H,1,5-6,15-18H2,2-3H3/t22-/m1/s1. The summed E-state index contributed by atoms with van der Waals surface area (Å²) in [6.07, 6.45) is 2.42. The van der Waals surface area contributed by atoms with Gasteiger partial charge in [-0.25, -0.2) is 0 Å². The fourth-order valence-electron chi connectivity index (χ4n) is 2.90. The van der Waals surface area contributed by atoms with Gasteiger partial charge < -0.3 is 19.4 Å². The van der Waals surface area contributed by atoms with Crippen LogP contribution in [0.25, 0.3) is 0 Å². The van der Waals surface area contributed by atoms with Crippen LogP contribution >= 0.6 is 0 Å². The quantitative estimate of drug-likeness (QED) is 0.523. The minimum Gasteiger partial charge on any atom is -0.491 e. The molecule has 0 radical (unpaired) electrons. The number of aliphatic hydroxyl groups is 1. The van der Waals surface area contributed by atoms with Crippen molar-refractivity contribution in [3.63, 3.8) is 0 Å². The molecule has 2 rings (SSSR count). The zero-order chi connectivity index (χ0) is 21.1. The van der Waals surface area contributed by atoms with Crippen LogP contribution in [0.2, 0.25) is 0 Å². The molecule has 0 unspecified atom stereocenters. The minimum absolute atomic E-state index is 0.189. The summed E-state index contributed by atoms with van der Waals surface area (Å²) in [7, 11) is 1.97. The molecule has 1 atom stereocenters. The van der Waals surface area contributed by atoms with Gasteiger partial charge in [-0.1, -0.05) is 36.9 Å². The van der Waals surface area contributed by atoms with Crippen LogP contribution in [-0.2, 0) is 17.8 Å². The second-order valence-electron chi connectivity index (χ2n) is 7.25. The number of ketones is 1. The van der Waals surface area contributed by atoms with Gasteiger partial charge in [0.2, 0.25) is 0 Å². The molecular formula is C24H31NO4. The normalized spacial score (nSPS) is 11.9. The molecule has 5 heteroatoms. The second-order valence-corrected chi connectivity index (χ2v) is 7.25. The van der Waals surface area contributed by atoms with Crippen LogP contribution in [-0.4, -0.2) is 48.7 Å². The number of aliphatic hydroxyl groups excluding tert-OH is 1. The van der Waals surface area contributed by atoms with Crippen LogP contribution < -0.4 is 9.47 Å². The predicted molar refractivity (Wildman–Crippen MR) is 115 cm³/mol. The first-order valence-corrected chi connectivity index (χ1v) is 9.86. The Morgan fingerprint density at radius 1 is 1.07 bits per heavy atom. The number of benzene rings is 2. The minimum atomic E-state index is -0.590. The molecule has 0 heterocycles. The van der Waals surface area contributed by atoms with E-state index in [2.05, 4.69) is 11.5 Å². The predicted octanol–water partition coefficient (Wildman–Crippen LogP) is 3.64. The summed E-state index contributed by atoms with van der Waals surface area (Å²) >= 11 is 0. The molecule has 0 saturated heterocycles. The average molecular weight is 398 g/mol. The van der Waals surface area contributed by atoms with Crippen molar-refractivity contribution in [2.45, 2.75) is 32.4 Å². The summed E-state index contributed by atoms with van der Waals surface area (Å²) in [5.41, 5.74) is 2.25. The van der Waals surface area contributed by atoms with Crippen molar-refractivity contribution >= 4 is 5.78 Å². The highest BCUT2D eigenvalue weighted by atomic mass is 16.5. The first-order valence-electron chi connectivity index (χ1n) is 9.86. The first-order chi connectivity index (χ1) is 14.0. The molecule has 2 aromatic carbocycles. The lowest BCUT2D eigenvalue weighted by Gasteiger charge is -2.21. The zero-order valence-corrected chi connectivity index (χ0v) is 17.3. The molecule has 1 N–H and O–H groups in total. The van der Waals surface area contributed by atoms with Crippen LogP contribution in [0.3, 0.4) is 0 Å². The monoisotopic (exact) mass is 397 g/mol. The number of nitrogens with zero attached hydrogens (tertiary/aromatic N) is 1. The van der Waals surface area contributed by atoms with Crippen molar-refractivity contribution in [1.82, 2.24) is 4.90 Å². The lowest BCUT2D eigenvalue weighted by Crippen LogP contribution is -2.32. The smallest absolute Gasteiger partial charge is 0.130 e. The maximum atomic E-state index is 11.1. The topological polar surface area (TPSA) is 59.0 Å². The number of likely N-dealkylation sites (N-methyl/N-ethyl adjacent to an activating group) is 1. The number of aryl methyl sites for hydroxylation is 1. The number of hydrogen-bond acceptors (Lipinski definition) is 5. The van der Waals surface area contributed by atoms with Crippen LogP contribution in [0, 0.1) is 0 Å². The van der Waals surface area contributed by atoms with Crippen LogP contribution in [0.4, 0.5) is 0 Å². The molecule has 0 aromatic heterocycles. The maximum absolute atomic E-state index is 11.1. The largest absolute Gasteiger partial charge is 0.491 e. The lowest BCUT2D eigenvalue weighted by molar-refractivity contribution is -0.116. The van der Waals surface area contributed by atoms with Gasteiger partial charge in [0.15, 0.2) is 0 Å². The molecule has 0 aliphatic heterocycles. The molecular weight excluding hydrogens is 366 g/mol. The van der Waals surface area contributed by atoms with Crippen LogP contribution in [0.5, 0.6) is 11.5 Å². The van der Waals surface area contributed by atoms with Gasteiger partial charge in [0.25, 0.3) is 0 Å². The molecule has 0 aliphatic rings. The van der Waals surface area contributed by atoms with Gasteiger partial charge in [0.1, 0.15) is 36.6 Å². The molecule has 29 heavy (non-hydrogen) atoms. The second kappa shape index (κ2) is 12.0.